The van der Waals surface area contributed by atoms with Gasteiger partial charge >= 0.3 is 0 Å². The van der Waals surface area contributed by atoms with Crippen LogP contribution in [-0.2, 0) is 0 Å². The second-order valence-corrected chi connectivity index (χ2v) is 6.41. The van der Waals surface area contributed by atoms with Crippen LogP contribution in [-0.4, -0.2) is 16.8 Å². The molecule has 1 unspecified atom stereocenters. The average molecular weight is 351 g/mol. The van der Waals surface area contributed by atoms with E-state index in [4.69, 9.17) is 0 Å². The minimum absolute atomic E-state index is 0.186. The molecular weight excluding hydrogens is 334 g/mol. The molecule has 2 aromatic heterocycles. The van der Waals surface area contributed by atoms with E-state index in [9.17, 15) is 9.59 Å². The van der Waals surface area contributed by atoms with Crippen molar-refractivity contribution in [2.45, 2.75) is 13.0 Å². The van der Waals surface area contributed by atoms with Gasteiger partial charge in [-0.1, -0.05) is 18.2 Å². The lowest BCUT2D eigenvalue weighted by Gasteiger charge is -2.14. The maximum absolute atomic E-state index is 12.4. The fourth-order valence-corrected chi connectivity index (χ4v) is 2.94. The summed E-state index contributed by atoms with van der Waals surface area (Å²) in [6.45, 7) is 1.88. The summed E-state index contributed by atoms with van der Waals surface area (Å²) >= 11 is 1.37. The molecular formula is C19H17N3O2S. The summed E-state index contributed by atoms with van der Waals surface area (Å²) in [6, 6.07) is 15.8. The molecule has 6 heteroatoms. The fraction of sp³-hybridized carbons (Fsp3) is 0.105. The summed E-state index contributed by atoms with van der Waals surface area (Å²) < 4.78 is 0. The van der Waals surface area contributed by atoms with E-state index in [2.05, 4.69) is 15.6 Å². The zero-order valence-electron chi connectivity index (χ0n) is 13.6. The molecule has 126 valence electrons. The van der Waals surface area contributed by atoms with E-state index in [-0.39, 0.29) is 17.9 Å². The summed E-state index contributed by atoms with van der Waals surface area (Å²) in [7, 11) is 0. The third-order valence-corrected chi connectivity index (χ3v) is 4.48. The van der Waals surface area contributed by atoms with Crippen molar-refractivity contribution in [2.24, 2.45) is 0 Å². The van der Waals surface area contributed by atoms with Crippen LogP contribution in [0.4, 0.5) is 5.69 Å². The van der Waals surface area contributed by atoms with Crippen LogP contribution in [0.1, 0.15) is 38.7 Å². The zero-order valence-corrected chi connectivity index (χ0v) is 14.4. The Morgan fingerprint density at radius 2 is 1.92 bits per heavy atom. The van der Waals surface area contributed by atoms with E-state index in [0.29, 0.717) is 16.1 Å². The summed E-state index contributed by atoms with van der Waals surface area (Å²) in [5, 5.41) is 7.56. The second kappa shape index (κ2) is 7.72. The predicted molar refractivity (Wildman–Crippen MR) is 98.8 cm³/mol. The third-order valence-electron chi connectivity index (χ3n) is 3.61. The van der Waals surface area contributed by atoms with Crippen molar-refractivity contribution >= 4 is 28.8 Å². The van der Waals surface area contributed by atoms with Crippen LogP contribution < -0.4 is 10.6 Å². The van der Waals surface area contributed by atoms with E-state index < -0.39 is 0 Å². The average Bonchev–Trinajstić information content (AvgIpc) is 3.17. The van der Waals surface area contributed by atoms with Gasteiger partial charge in [-0.05, 0) is 48.7 Å². The number of nitrogens with zero attached hydrogens (tertiary/aromatic N) is 1. The van der Waals surface area contributed by atoms with Gasteiger partial charge < -0.3 is 10.6 Å². The van der Waals surface area contributed by atoms with E-state index in [0.717, 1.165) is 5.69 Å². The molecule has 0 radical (unpaired) electrons. The van der Waals surface area contributed by atoms with Gasteiger partial charge in [-0.3, -0.25) is 14.6 Å². The first-order valence-corrected chi connectivity index (χ1v) is 8.68. The quantitative estimate of drug-likeness (QED) is 0.733. The van der Waals surface area contributed by atoms with Gasteiger partial charge in [0.2, 0.25) is 0 Å². The Balaban J connectivity index is 1.68. The Hall–Kier alpha value is -2.99. The highest BCUT2D eigenvalue weighted by atomic mass is 32.1. The summed E-state index contributed by atoms with van der Waals surface area (Å²) in [5.41, 5.74) is 1.85. The van der Waals surface area contributed by atoms with Crippen molar-refractivity contribution in [2.75, 3.05) is 5.32 Å². The molecule has 1 atom stereocenters. The summed E-state index contributed by atoms with van der Waals surface area (Å²) in [5.74, 6) is -0.403. The number of pyridine rings is 1. The topological polar surface area (TPSA) is 71.1 Å². The summed E-state index contributed by atoms with van der Waals surface area (Å²) in [4.78, 5) is 29.4. The molecule has 0 aliphatic heterocycles. The molecule has 3 aromatic rings. The van der Waals surface area contributed by atoms with Crippen molar-refractivity contribution in [1.82, 2.24) is 10.3 Å². The van der Waals surface area contributed by atoms with Gasteiger partial charge in [-0.2, -0.15) is 0 Å². The van der Waals surface area contributed by atoms with Crippen LogP contribution in [0.15, 0.2) is 66.2 Å². The minimum Gasteiger partial charge on any atom is -0.344 e. The molecule has 5 nitrogen and oxygen atoms in total. The van der Waals surface area contributed by atoms with Crippen LogP contribution in [0.2, 0.25) is 0 Å². The van der Waals surface area contributed by atoms with Crippen molar-refractivity contribution in [1.29, 1.82) is 0 Å². The number of carbonyl (C=O) groups is 2. The van der Waals surface area contributed by atoms with Gasteiger partial charge in [0.25, 0.3) is 11.8 Å². The molecule has 2 amide bonds. The molecule has 25 heavy (non-hydrogen) atoms. The number of benzene rings is 1. The number of anilines is 1. The van der Waals surface area contributed by atoms with Crippen LogP contribution in [0.5, 0.6) is 0 Å². The van der Waals surface area contributed by atoms with Crippen molar-refractivity contribution < 1.29 is 9.59 Å². The number of aromatic nitrogens is 1. The monoisotopic (exact) mass is 351 g/mol. The maximum atomic E-state index is 12.4. The zero-order chi connectivity index (χ0) is 17.6. The normalized spacial score (nSPS) is 11.6. The Morgan fingerprint density at radius 3 is 2.64 bits per heavy atom. The van der Waals surface area contributed by atoms with Gasteiger partial charge in [0.1, 0.15) is 0 Å². The van der Waals surface area contributed by atoms with Crippen LogP contribution in [0.3, 0.4) is 0 Å². The Bertz CT molecular complexity index is 863. The highest BCUT2D eigenvalue weighted by molar-refractivity contribution is 7.12. The van der Waals surface area contributed by atoms with Crippen molar-refractivity contribution in [3.63, 3.8) is 0 Å². The molecule has 0 bridgehead atoms. The molecule has 1 aromatic carbocycles. The summed E-state index contributed by atoms with van der Waals surface area (Å²) in [6.07, 6.45) is 1.69. The number of amides is 2. The first-order chi connectivity index (χ1) is 12.1. The standard InChI is InChI=1S/C19H17N3O2S/c1-13(16-8-2-3-10-20-16)21-18(23)14-6-4-7-15(12-14)22-19(24)17-9-5-11-25-17/h2-13H,1H3,(H,21,23)(H,22,24). The predicted octanol–water partition coefficient (Wildman–Crippen LogP) is 3.89. The molecule has 0 spiro atoms. The third kappa shape index (κ3) is 4.30. The first-order valence-electron chi connectivity index (χ1n) is 7.80. The molecule has 3 rings (SSSR count). The fourth-order valence-electron chi connectivity index (χ4n) is 2.32. The smallest absolute Gasteiger partial charge is 0.265 e. The van der Waals surface area contributed by atoms with Crippen LogP contribution in [0.25, 0.3) is 0 Å². The van der Waals surface area contributed by atoms with Crippen molar-refractivity contribution in [3.8, 4) is 0 Å². The Morgan fingerprint density at radius 1 is 1.04 bits per heavy atom. The van der Waals surface area contributed by atoms with E-state index in [1.807, 2.05) is 36.6 Å². The van der Waals surface area contributed by atoms with E-state index in [1.54, 1.807) is 36.5 Å². The van der Waals surface area contributed by atoms with Gasteiger partial charge in [-0.15, -0.1) is 11.3 Å². The Kier molecular flexibility index (Phi) is 5.20. The van der Waals surface area contributed by atoms with Gasteiger partial charge in [0, 0.05) is 17.4 Å². The lowest BCUT2D eigenvalue weighted by molar-refractivity contribution is 0.0938. The molecule has 2 heterocycles. The number of nitrogens with one attached hydrogen (secondary N) is 2. The van der Waals surface area contributed by atoms with Crippen molar-refractivity contribution in [3.05, 3.63) is 82.3 Å². The molecule has 0 aliphatic rings. The van der Waals surface area contributed by atoms with E-state index >= 15 is 0 Å². The number of hydrogen-bond acceptors (Lipinski definition) is 4. The molecule has 2 N–H and O–H groups in total. The molecule has 0 saturated heterocycles. The second-order valence-electron chi connectivity index (χ2n) is 5.46. The number of hydrogen-bond donors (Lipinski definition) is 2. The molecule has 0 fully saturated rings. The lowest BCUT2D eigenvalue weighted by atomic mass is 10.1. The number of carbonyl (C=O) groups excluding carboxylic acids is 2. The SMILES string of the molecule is CC(NC(=O)c1cccc(NC(=O)c2cccs2)c1)c1ccccn1. The minimum atomic E-state index is -0.217. The Labute approximate surface area is 149 Å². The number of thiophene rings is 1. The van der Waals surface area contributed by atoms with Gasteiger partial charge in [0.05, 0.1) is 16.6 Å². The van der Waals surface area contributed by atoms with Crippen LogP contribution in [0, 0.1) is 0 Å². The van der Waals surface area contributed by atoms with Gasteiger partial charge in [-0.25, -0.2) is 0 Å². The largest absolute Gasteiger partial charge is 0.344 e. The van der Waals surface area contributed by atoms with Crippen LogP contribution >= 0.6 is 11.3 Å². The first kappa shape index (κ1) is 16.9. The molecule has 0 saturated carbocycles. The van der Waals surface area contributed by atoms with Gasteiger partial charge in [0.15, 0.2) is 0 Å². The van der Waals surface area contributed by atoms with E-state index in [1.165, 1.54) is 11.3 Å². The highest BCUT2D eigenvalue weighted by Crippen LogP contribution is 2.16. The maximum Gasteiger partial charge on any atom is 0.265 e. The number of rotatable bonds is 5. The molecule has 0 aliphatic carbocycles. The lowest BCUT2D eigenvalue weighted by Crippen LogP contribution is -2.27. The highest BCUT2D eigenvalue weighted by Gasteiger charge is 2.13.